The van der Waals surface area contributed by atoms with Gasteiger partial charge in [-0.05, 0) is 30.7 Å². The first-order chi connectivity index (χ1) is 9.45. The number of carbonyl (C=O) groups is 2. The molecule has 2 rings (SSSR count). The van der Waals surface area contributed by atoms with E-state index in [0.29, 0.717) is 12.1 Å². The van der Waals surface area contributed by atoms with Crippen molar-refractivity contribution in [2.75, 3.05) is 0 Å². The van der Waals surface area contributed by atoms with Crippen molar-refractivity contribution in [3.8, 4) is 0 Å². The van der Waals surface area contributed by atoms with Crippen LogP contribution in [0.25, 0.3) is 11.0 Å². The van der Waals surface area contributed by atoms with Gasteiger partial charge in [0.25, 0.3) is 0 Å². The van der Waals surface area contributed by atoms with Crippen molar-refractivity contribution in [1.29, 1.82) is 0 Å². The zero-order chi connectivity index (χ0) is 14.7. The fourth-order valence-electron chi connectivity index (χ4n) is 1.97. The highest BCUT2D eigenvalue weighted by Crippen LogP contribution is 2.20. The SMILES string of the molecule is CC(CC(N)=O)NCc1ccc2oc(C(=O)O)cc2c1. The number of carboxylic acids is 1. The van der Waals surface area contributed by atoms with Gasteiger partial charge in [-0.1, -0.05) is 6.07 Å². The van der Waals surface area contributed by atoms with Crippen LogP contribution in [0.2, 0.25) is 0 Å². The van der Waals surface area contributed by atoms with E-state index in [1.807, 2.05) is 19.1 Å². The van der Waals surface area contributed by atoms with Gasteiger partial charge in [0.05, 0.1) is 0 Å². The second-order valence-electron chi connectivity index (χ2n) is 4.74. The van der Waals surface area contributed by atoms with E-state index in [0.717, 1.165) is 10.9 Å². The Bertz CT molecular complexity index is 648. The molecular weight excluding hydrogens is 260 g/mol. The summed E-state index contributed by atoms with van der Waals surface area (Å²) in [5.41, 5.74) is 6.64. The number of carboxylic acid groups (broad SMARTS) is 1. The number of carbonyl (C=O) groups excluding carboxylic acids is 1. The minimum absolute atomic E-state index is 0.0119. The zero-order valence-corrected chi connectivity index (χ0v) is 11.1. The number of amides is 1. The summed E-state index contributed by atoms with van der Waals surface area (Å²) in [4.78, 5) is 21.6. The van der Waals surface area contributed by atoms with Gasteiger partial charge in [0.15, 0.2) is 0 Å². The number of rotatable bonds is 6. The summed E-state index contributed by atoms with van der Waals surface area (Å²) >= 11 is 0. The fraction of sp³-hybridized carbons (Fsp3) is 0.286. The van der Waals surface area contributed by atoms with E-state index in [4.69, 9.17) is 15.3 Å². The van der Waals surface area contributed by atoms with E-state index in [-0.39, 0.29) is 24.1 Å². The Labute approximate surface area is 115 Å². The van der Waals surface area contributed by atoms with E-state index in [9.17, 15) is 9.59 Å². The maximum Gasteiger partial charge on any atom is 0.371 e. The molecule has 1 heterocycles. The third kappa shape index (κ3) is 3.36. The summed E-state index contributed by atoms with van der Waals surface area (Å²) in [5.74, 6) is -1.51. The highest BCUT2D eigenvalue weighted by molar-refractivity contribution is 5.91. The Morgan fingerprint density at radius 2 is 2.15 bits per heavy atom. The molecule has 1 amide bonds. The molecule has 0 saturated heterocycles. The van der Waals surface area contributed by atoms with Crippen molar-refractivity contribution in [1.82, 2.24) is 5.32 Å². The zero-order valence-electron chi connectivity index (χ0n) is 11.1. The quantitative estimate of drug-likeness (QED) is 0.741. The number of aromatic carboxylic acids is 1. The largest absolute Gasteiger partial charge is 0.475 e. The van der Waals surface area contributed by atoms with Gasteiger partial charge in [-0.3, -0.25) is 4.79 Å². The molecular formula is C14H16N2O4. The van der Waals surface area contributed by atoms with Crippen LogP contribution in [0.4, 0.5) is 0 Å². The maximum atomic E-state index is 10.8. The van der Waals surface area contributed by atoms with Gasteiger partial charge in [0, 0.05) is 24.4 Å². The van der Waals surface area contributed by atoms with Gasteiger partial charge in [-0.15, -0.1) is 0 Å². The molecule has 0 spiro atoms. The standard InChI is InChI=1S/C14H16N2O4/c1-8(4-13(15)17)16-7-9-2-3-11-10(5-9)6-12(20-11)14(18)19/h2-3,5-6,8,16H,4,7H2,1H3,(H2,15,17)(H,18,19). The molecule has 2 aromatic rings. The molecule has 1 atom stereocenters. The van der Waals surface area contributed by atoms with Crippen LogP contribution in [0.3, 0.4) is 0 Å². The van der Waals surface area contributed by atoms with Gasteiger partial charge >= 0.3 is 5.97 Å². The Balaban J connectivity index is 2.07. The molecule has 0 radical (unpaired) electrons. The van der Waals surface area contributed by atoms with Crippen LogP contribution in [0.1, 0.15) is 29.5 Å². The van der Waals surface area contributed by atoms with Crippen molar-refractivity contribution in [2.45, 2.75) is 25.9 Å². The second-order valence-corrected chi connectivity index (χ2v) is 4.74. The lowest BCUT2D eigenvalue weighted by molar-refractivity contribution is -0.118. The molecule has 0 bridgehead atoms. The van der Waals surface area contributed by atoms with Crippen LogP contribution < -0.4 is 11.1 Å². The van der Waals surface area contributed by atoms with Crippen molar-refractivity contribution in [2.24, 2.45) is 5.73 Å². The molecule has 1 unspecified atom stereocenters. The van der Waals surface area contributed by atoms with Gasteiger partial charge < -0.3 is 20.6 Å². The smallest absolute Gasteiger partial charge is 0.371 e. The van der Waals surface area contributed by atoms with Gasteiger partial charge in [-0.2, -0.15) is 0 Å². The molecule has 0 aliphatic heterocycles. The topological polar surface area (TPSA) is 106 Å². The number of furan rings is 1. The third-order valence-corrected chi connectivity index (χ3v) is 2.95. The highest BCUT2D eigenvalue weighted by Gasteiger charge is 2.11. The normalized spacial score (nSPS) is 12.4. The third-order valence-electron chi connectivity index (χ3n) is 2.95. The maximum absolute atomic E-state index is 10.8. The summed E-state index contributed by atoms with van der Waals surface area (Å²) in [6.07, 6.45) is 0.275. The number of hydrogen-bond donors (Lipinski definition) is 3. The summed E-state index contributed by atoms with van der Waals surface area (Å²) in [7, 11) is 0. The van der Waals surface area contributed by atoms with Crippen molar-refractivity contribution >= 4 is 22.8 Å². The molecule has 0 saturated carbocycles. The Kier molecular flexibility index (Phi) is 4.05. The molecule has 4 N–H and O–H groups in total. The summed E-state index contributed by atoms with van der Waals surface area (Å²) in [6.45, 7) is 2.45. The summed E-state index contributed by atoms with van der Waals surface area (Å²) in [5, 5.41) is 12.8. The second kappa shape index (κ2) is 5.75. The minimum Gasteiger partial charge on any atom is -0.475 e. The predicted molar refractivity (Wildman–Crippen MR) is 73.3 cm³/mol. The van der Waals surface area contributed by atoms with E-state index in [2.05, 4.69) is 5.32 Å². The van der Waals surface area contributed by atoms with Crippen LogP contribution in [-0.2, 0) is 11.3 Å². The number of primary amides is 1. The number of hydrogen-bond acceptors (Lipinski definition) is 4. The first-order valence-electron chi connectivity index (χ1n) is 6.23. The van der Waals surface area contributed by atoms with Crippen molar-refractivity contribution < 1.29 is 19.1 Å². The average Bonchev–Trinajstić information content (AvgIpc) is 2.78. The molecule has 20 heavy (non-hydrogen) atoms. The van der Waals surface area contributed by atoms with Crippen molar-refractivity contribution in [3.63, 3.8) is 0 Å². The Hall–Kier alpha value is -2.34. The van der Waals surface area contributed by atoms with Gasteiger partial charge in [0.1, 0.15) is 5.58 Å². The summed E-state index contributed by atoms with van der Waals surface area (Å²) in [6, 6.07) is 6.92. The Morgan fingerprint density at radius 3 is 2.80 bits per heavy atom. The lowest BCUT2D eigenvalue weighted by Gasteiger charge is -2.11. The molecule has 0 aliphatic rings. The lowest BCUT2D eigenvalue weighted by Crippen LogP contribution is -2.30. The van der Waals surface area contributed by atoms with Crippen LogP contribution in [0.15, 0.2) is 28.7 Å². The van der Waals surface area contributed by atoms with Crippen molar-refractivity contribution in [3.05, 3.63) is 35.6 Å². The number of fused-ring (bicyclic) bond motifs is 1. The van der Waals surface area contributed by atoms with Crippen LogP contribution in [0.5, 0.6) is 0 Å². The summed E-state index contributed by atoms with van der Waals surface area (Å²) < 4.78 is 5.18. The molecule has 0 aliphatic carbocycles. The van der Waals surface area contributed by atoms with Gasteiger partial charge in [0.2, 0.25) is 11.7 Å². The predicted octanol–water partition coefficient (Wildman–Crippen LogP) is 1.48. The first kappa shape index (κ1) is 14.1. The monoisotopic (exact) mass is 276 g/mol. The number of nitrogens with two attached hydrogens (primary N) is 1. The number of nitrogens with one attached hydrogen (secondary N) is 1. The fourth-order valence-corrected chi connectivity index (χ4v) is 1.97. The molecule has 6 heteroatoms. The van der Waals surface area contributed by atoms with E-state index in [1.54, 1.807) is 6.07 Å². The van der Waals surface area contributed by atoms with Crippen LogP contribution in [-0.4, -0.2) is 23.0 Å². The van der Waals surface area contributed by atoms with Crippen LogP contribution >= 0.6 is 0 Å². The first-order valence-corrected chi connectivity index (χ1v) is 6.23. The molecule has 106 valence electrons. The average molecular weight is 276 g/mol. The van der Waals surface area contributed by atoms with Crippen LogP contribution in [0, 0.1) is 0 Å². The number of benzene rings is 1. The van der Waals surface area contributed by atoms with E-state index >= 15 is 0 Å². The molecule has 1 aromatic heterocycles. The molecule has 6 nitrogen and oxygen atoms in total. The highest BCUT2D eigenvalue weighted by atomic mass is 16.4. The molecule has 0 fully saturated rings. The van der Waals surface area contributed by atoms with Gasteiger partial charge in [-0.25, -0.2) is 4.79 Å². The van der Waals surface area contributed by atoms with E-state index in [1.165, 1.54) is 6.07 Å². The van der Waals surface area contributed by atoms with E-state index < -0.39 is 5.97 Å². The lowest BCUT2D eigenvalue weighted by atomic mass is 10.1. The Morgan fingerprint density at radius 1 is 1.40 bits per heavy atom. The minimum atomic E-state index is -1.09. The molecule has 1 aromatic carbocycles.